The maximum absolute atomic E-state index is 12.8. The maximum Gasteiger partial charge on any atom is 0.236 e. The third-order valence-corrected chi connectivity index (χ3v) is 7.11. The zero-order chi connectivity index (χ0) is 22.5. The number of nitrogens with one attached hydrogen (secondary N) is 1. The molecule has 32 heavy (non-hydrogen) atoms. The first kappa shape index (κ1) is 21.9. The largest absolute Gasteiger partial charge is 0.310 e. The molecule has 3 aromatic heterocycles. The Morgan fingerprint density at radius 2 is 2.03 bits per heavy atom. The van der Waals surface area contributed by atoms with Gasteiger partial charge < -0.3 is 9.88 Å². The van der Waals surface area contributed by atoms with Gasteiger partial charge in [0.15, 0.2) is 5.16 Å². The third-order valence-electron chi connectivity index (χ3n) is 5.19. The van der Waals surface area contributed by atoms with Gasteiger partial charge >= 0.3 is 0 Å². The summed E-state index contributed by atoms with van der Waals surface area (Å²) in [5, 5.41) is 23.6. The topological polar surface area (TPSA) is 88.5 Å². The number of hydrogen-bond acceptors (Lipinski definition) is 6. The van der Waals surface area contributed by atoms with Gasteiger partial charge in [-0.1, -0.05) is 36.0 Å². The highest BCUT2D eigenvalue weighted by atomic mass is 32.2. The zero-order valence-corrected chi connectivity index (χ0v) is 19.4. The van der Waals surface area contributed by atoms with Crippen LogP contribution in [0.25, 0.3) is 5.69 Å². The molecule has 7 nitrogen and oxygen atoms in total. The fraction of sp³-hybridized carbons (Fsp3) is 0.217. The molecule has 0 fully saturated rings. The fourth-order valence-electron chi connectivity index (χ4n) is 3.45. The van der Waals surface area contributed by atoms with Crippen molar-refractivity contribution >= 4 is 34.8 Å². The molecule has 4 rings (SSSR count). The summed E-state index contributed by atoms with van der Waals surface area (Å²) in [7, 11) is 0. The van der Waals surface area contributed by atoms with Crippen LogP contribution in [-0.4, -0.2) is 31.0 Å². The minimum absolute atomic E-state index is 0.167. The van der Waals surface area contributed by atoms with Crippen molar-refractivity contribution in [2.24, 2.45) is 0 Å². The number of carbonyl (C=O) groups excluding carboxylic acids is 1. The molecule has 3 heterocycles. The number of aryl methyl sites for hydroxylation is 2. The molecule has 0 aliphatic rings. The van der Waals surface area contributed by atoms with Gasteiger partial charge in [-0.2, -0.15) is 5.26 Å². The number of hydrogen-bond donors (Lipinski definition) is 1. The molecule has 0 saturated carbocycles. The summed E-state index contributed by atoms with van der Waals surface area (Å²) < 4.78 is 3.87. The van der Waals surface area contributed by atoms with E-state index in [4.69, 9.17) is 0 Å². The van der Waals surface area contributed by atoms with Crippen LogP contribution in [0.2, 0.25) is 0 Å². The lowest BCUT2D eigenvalue weighted by molar-refractivity contribution is -0.113. The second-order valence-electron chi connectivity index (χ2n) is 7.19. The quantitative estimate of drug-likeness (QED) is 0.387. The van der Waals surface area contributed by atoms with Crippen molar-refractivity contribution in [2.75, 3.05) is 11.1 Å². The highest BCUT2D eigenvalue weighted by molar-refractivity contribution is 7.99. The van der Waals surface area contributed by atoms with E-state index in [9.17, 15) is 10.1 Å². The molecule has 0 atom stereocenters. The van der Waals surface area contributed by atoms with E-state index in [-0.39, 0.29) is 11.7 Å². The van der Waals surface area contributed by atoms with Gasteiger partial charge in [0.1, 0.15) is 18.2 Å². The number of benzene rings is 1. The van der Waals surface area contributed by atoms with Crippen LogP contribution in [0.3, 0.4) is 0 Å². The second-order valence-corrected chi connectivity index (χ2v) is 9.16. The van der Waals surface area contributed by atoms with Crippen molar-refractivity contribution < 1.29 is 4.79 Å². The maximum atomic E-state index is 12.8. The Hall–Kier alpha value is -3.35. The number of para-hydroxylation sites is 1. The third kappa shape index (κ3) is 4.61. The SMILES string of the molecule is Cc1c(C#N)c(NC(=O)CSc2nncn2CCc2cccs2)n(-c2ccccc2)c1C. The van der Waals surface area contributed by atoms with Gasteiger partial charge in [-0.15, -0.1) is 21.5 Å². The number of rotatable bonds is 8. The number of aromatic nitrogens is 4. The molecule has 1 amide bonds. The average Bonchev–Trinajstić information content (AvgIpc) is 3.53. The van der Waals surface area contributed by atoms with E-state index in [1.807, 2.05) is 59.4 Å². The number of amides is 1. The molecule has 0 spiro atoms. The van der Waals surface area contributed by atoms with Crippen LogP contribution in [-0.2, 0) is 17.8 Å². The highest BCUT2D eigenvalue weighted by Gasteiger charge is 2.21. The second kappa shape index (κ2) is 9.85. The zero-order valence-electron chi connectivity index (χ0n) is 17.8. The van der Waals surface area contributed by atoms with Gasteiger partial charge in [-0.3, -0.25) is 9.36 Å². The molecule has 0 aliphatic heterocycles. The summed E-state index contributed by atoms with van der Waals surface area (Å²) >= 11 is 3.06. The summed E-state index contributed by atoms with van der Waals surface area (Å²) in [6.45, 7) is 4.60. The predicted molar refractivity (Wildman–Crippen MR) is 127 cm³/mol. The molecule has 0 aliphatic carbocycles. The molecule has 0 bridgehead atoms. The first-order chi connectivity index (χ1) is 15.6. The molecule has 0 radical (unpaired) electrons. The Balaban J connectivity index is 1.47. The molecule has 4 aromatic rings. The van der Waals surface area contributed by atoms with Gasteiger partial charge in [0.25, 0.3) is 0 Å². The van der Waals surface area contributed by atoms with Crippen LogP contribution in [0, 0.1) is 25.2 Å². The van der Waals surface area contributed by atoms with Gasteiger partial charge in [-0.05, 0) is 49.4 Å². The summed E-state index contributed by atoms with van der Waals surface area (Å²) in [5.74, 6) is 0.466. The van der Waals surface area contributed by atoms with Crippen LogP contribution >= 0.6 is 23.1 Å². The standard InChI is InChI=1S/C23H22N6OS2/c1-16-17(2)29(18-7-4-3-5-8-18)22(20(16)13-24)26-21(30)14-32-23-27-25-15-28(23)11-10-19-9-6-12-31-19/h3-9,12,15H,10-11,14H2,1-2H3,(H,26,30). The van der Waals surface area contributed by atoms with Crippen LogP contribution in [0.4, 0.5) is 5.82 Å². The Kier molecular flexibility index (Phi) is 6.73. The van der Waals surface area contributed by atoms with E-state index >= 15 is 0 Å². The minimum atomic E-state index is -0.200. The van der Waals surface area contributed by atoms with Gasteiger partial charge in [0, 0.05) is 22.8 Å². The molecule has 1 N–H and O–H groups in total. The fourth-order valence-corrected chi connectivity index (χ4v) is 4.89. The summed E-state index contributed by atoms with van der Waals surface area (Å²) in [5.41, 5.74) is 3.14. The normalized spacial score (nSPS) is 10.8. The summed E-state index contributed by atoms with van der Waals surface area (Å²) in [4.78, 5) is 14.1. The lowest BCUT2D eigenvalue weighted by Crippen LogP contribution is -2.18. The Morgan fingerprint density at radius 1 is 1.22 bits per heavy atom. The highest BCUT2D eigenvalue weighted by Crippen LogP contribution is 2.30. The first-order valence-electron chi connectivity index (χ1n) is 10.1. The number of thioether (sulfide) groups is 1. The molecule has 162 valence electrons. The Labute approximate surface area is 194 Å². The van der Waals surface area contributed by atoms with Crippen molar-refractivity contribution in [3.63, 3.8) is 0 Å². The molecular weight excluding hydrogens is 440 g/mol. The number of thiophene rings is 1. The van der Waals surface area contributed by atoms with E-state index in [0.29, 0.717) is 16.5 Å². The minimum Gasteiger partial charge on any atom is -0.310 e. The summed E-state index contributed by atoms with van der Waals surface area (Å²) in [6.07, 6.45) is 2.58. The Morgan fingerprint density at radius 3 is 2.75 bits per heavy atom. The first-order valence-corrected chi connectivity index (χ1v) is 11.9. The number of carbonyl (C=O) groups is 1. The van der Waals surface area contributed by atoms with Crippen LogP contribution in [0.15, 0.2) is 59.3 Å². The molecule has 1 aromatic carbocycles. The predicted octanol–water partition coefficient (Wildman–Crippen LogP) is 4.59. The van der Waals surface area contributed by atoms with Crippen molar-refractivity contribution in [3.05, 3.63) is 75.9 Å². The Bertz CT molecular complexity index is 1250. The van der Waals surface area contributed by atoms with Gasteiger partial charge in [0.2, 0.25) is 5.91 Å². The van der Waals surface area contributed by atoms with Crippen molar-refractivity contribution in [2.45, 2.75) is 32.0 Å². The van der Waals surface area contributed by atoms with Crippen LogP contribution < -0.4 is 5.32 Å². The van der Waals surface area contributed by atoms with E-state index < -0.39 is 0 Å². The van der Waals surface area contributed by atoms with E-state index in [1.54, 1.807) is 17.7 Å². The average molecular weight is 463 g/mol. The summed E-state index contributed by atoms with van der Waals surface area (Å²) in [6, 6.07) is 16.1. The van der Waals surface area contributed by atoms with Crippen molar-refractivity contribution in [1.82, 2.24) is 19.3 Å². The van der Waals surface area contributed by atoms with Gasteiger partial charge in [0.05, 0.1) is 11.3 Å². The smallest absolute Gasteiger partial charge is 0.236 e. The number of nitriles is 1. The van der Waals surface area contributed by atoms with E-state index in [2.05, 4.69) is 33.0 Å². The van der Waals surface area contributed by atoms with Crippen LogP contribution in [0.5, 0.6) is 0 Å². The molecule has 0 unspecified atom stereocenters. The molecule has 0 saturated heterocycles. The number of nitrogens with zero attached hydrogens (tertiary/aromatic N) is 5. The molecule has 9 heteroatoms. The lowest BCUT2D eigenvalue weighted by atomic mass is 10.2. The number of anilines is 1. The molecular formula is C23H22N6OS2. The monoisotopic (exact) mass is 462 g/mol. The van der Waals surface area contributed by atoms with E-state index in [0.717, 1.165) is 29.9 Å². The van der Waals surface area contributed by atoms with Crippen molar-refractivity contribution in [3.8, 4) is 11.8 Å². The van der Waals surface area contributed by atoms with Crippen LogP contribution in [0.1, 0.15) is 21.7 Å². The lowest BCUT2D eigenvalue weighted by Gasteiger charge is -2.13. The van der Waals surface area contributed by atoms with Gasteiger partial charge in [-0.25, -0.2) is 0 Å². The van der Waals surface area contributed by atoms with Crippen molar-refractivity contribution in [1.29, 1.82) is 5.26 Å². The van der Waals surface area contributed by atoms with E-state index in [1.165, 1.54) is 16.6 Å².